The third-order valence-corrected chi connectivity index (χ3v) is 4.55. The first-order valence-corrected chi connectivity index (χ1v) is 8.87. The molecule has 2 aromatic rings. The number of hydrogen-bond donors (Lipinski definition) is 2. The van der Waals surface area contributed by atoms with Gasteiger partial charge in [0.05, 0.1) is 5.92 Å². The normalized spacial score (nSPS) is 16.6. The van der Waals surface area contributed by atoms with E-state index in [2.05, 4.69) is 21.9 Å². The second-order valence-electron chi connectivity index (χ2n) is 6.63. The molecule has 1 fully saturated rings. The van der Waals surface area contributed by atoms with E-state index in [1.807, 2.05) is 6.07 Å². The van der Waals surface area contributed by atoms with Crippen LogP contribution in [0.5, 0.6) is 0 Å². The smallest absolute Gasteiger partial charge is 0.251 e. The molecule has 2 amide bonds. The Morgan fingerprint density at radius 3 is 2.93 bits per heavy atom. The molecule has 3 rings (SSSR count). The number of carbonyl (C=O) groups is 2. The van der Waals surface area contributed by atoms with Crippen molar-refractivity contribution in [2.24, 2.45) is 5.92 Å². The summed E-state index contributed by atoms with van der Waals surface area (Å²) >= 11 is 0. The van der Waals surface area contributed by atoms with E-state index in [4.69, 9.17) is 0 Å². The predicted octanol–water partition coefficient (Wildman–Crippen LogP) is 2.11. The average Bonchev–Trinajstić information content (AvgIpc) is 2.67. The van der Waals surface area contributed by atoms with Crippen molar-refractivity contribution in [3.8, 4) is 11.4 Å². The molecule has 140 valence electrons. The first-order chi connectivity index (χ1) is 13.0. The Morgan fingerprint density at radius 2 is 2.19 bits per heavy atom. The van der Waals surface area contributed by atoms with Crippen LogP contribution in [0.15, 0.2) is 47.8 Å². The van der Waals surface area contributed by atoms with Crippen LogP contribution in [0.2, 0.25) is 0 Å². The Bertz CT molecular complexity index is 935. The number of amides is 2. The molecular weight excluding hydrogens is 344 g/mol. The molecule has 27 heavy (non-hydrogen) atoms. The van der Waals surface area contributed by atoms with Crippen LogP contribution >= 0.6 is 0 Å². The lowest BCUT2D eigenvalue weighted by Gasteiger charge is -2.31. The molecular formula is C20H22N4O3. The van der Waals surface area contributed by atoms with E-state index >= 15 is 0 Å². The molecule has 0 spiro atoms. The number of piperidine rings is 1. The van der Waals surface area contributed by atoms with Crippen LogP contribution < -0.4 is 10.9 Å². The highest BCUT2D eigenvalue weighted by molar-refractivity contribution is 5.94. The number of rotatable bonds is 4. The van der Waals surface area contributed by atoms with Crippen LogP contribution in [0.1, 0.15) is 18.5 Å². The molecule has 1 aromatic heterocycles. The van der Waals surface area contributed by atoms with E-state index in [1.54, 1.807) is 30.0 Å². The summed E-state index contributed by atoms with van der Waals surface area (Å²) in [6.45, 7) is 6.30. The Labute approximate surface area is 157 Å². The van der Waals surface area contributed by atoms with Crippen molar-refractivity contribution in [3.05, 3.63) is 59.0 Å². The molecule has 1 aromatic carbocycles. The van der Waals surface area contributed by atoms with Crippen LogP contribution in [0.25, 0.3) is 11.4 Å². The van der Waals surface area contributed by atoms with Crippen molar-refractivity contribution in [1.29, 1.82) is 0 Å². The largest absolute Gasteiger partial charge is 0.338 e. The SMILES string of the molecule is C=CC(=O)N1CCCC(C(=O)Nc2cccc(-c3nc(C)cc(=O)[nH]3)c2)C1. The maximum absolute atomic E-state index is 12.6. The average molecular weight is 366 g/mol. The Balaban J connectivity index is 1.74. The van der Waals surface area contributed by atoms with Crippen molar-refractivity contribution in [1.82, 2.24) is 14.9 Å². The molecule has 2 heterocycles. The van der Waals surface area contributed by atoms with Crippen molar-refractivity contribution in [2.45, 2.75) is 19.8 Å². The zero-order valence-electron chi connectivity index (χ0n) is 15.2. The summed E-state index contributed by atoms with van der Waals surface area (Å²) in [4.78, 5) is 44.8. The van der Waals surface area contributed by atoms with Gasteiger partial charge in [0, 0.05) is 36.1 Å². The van der Waals surface area contributed by atoms with Crippen molar-refractivity contribution in [3.63, 3.8) is 0 Å². The molecule has 7 nitrogen and oxygen atoms in total. The fourth-order valence-corrected chi connectivity index (χ4v) is 3.22. The Hall–Kier alpha value is -3.22. The summed E-state index contributed by atoms with van der Waals surface area (Å²) in [5.41, 5.74) is 1.73. The highest BCUT2D eigenvalue weighted by atomic mass is 16.2. The highest BCUT2D eigenvalue weighted by Crippen LogP contribution is 2.22. The molecule has 1 saturated heterocycles. The molecule has 7 heteroatoms. The molecule has 0 radical (unpaired) electrons. The van der Waals surface area contributed by atoms with E-state index in [-0.39, 0.29) is 23.3 Å². The zero-order chi connectivity index (χ0) is 19.4. The lowest BCUT2D eigenvalue weighted by atomic mass is 9.97. The molecule has 1 atom stereocenters. The van der Waals surface area contributed by atoms with Gasteiger partial charge in [0.1, 0.15) is 5.82 Å². The van der Waals surface area contributed by atoms with E-state index < -0.39 is 0 Å². The quantitative estimate of drug-likeness (QED) is 0.810. The van der Waals surface area contributed by atoms with Crippen molar-refractivity contribution in [2.75, 3.05) is 18.4 Å². The second kappa shape index (κ2) is 7.99. The number of anilines is 1. The number of benzene rings is 1. The minimum absolute atomic E-state index is 0.126. The maximum atomic E-state index is 12.6. The standard InChI is InChI=1S/C20H22N4O3/c1-3-18(26)24-9-5-7-15(12-24)20(27)22-16-8-4-6-14(11-16)19-21-13(2)10-17(25)23-19/h3-4,6,8,10-11,15H,1,5,7,9,12H2,2H3,(H,22,27)(H,21,23,25). The molecule has 0 saturated carbocycles. The van der Waals surface area contributed by atoms with Gasteiger partial charge in [-0.25, -0.2) is 4.98 Å². The van der Waals surface area contributed by atoms with E-state index in [1.165, 1.54) is 12.1 Å². The van der Waals surface area contributed by atoms with Crippen LogP contribution in [-0.4, -0.2) is 39.8 Å². The summed E-state index contributed by atoms with van der Waals surface area (Å²) in [6.07, 6.45) is 2.80. The molecule has 1 unspecified atom stereocenters. The molecule has 0 bridgehead atoms. The number of aryl methyl sites for hydroxylation is 1. The third kappa shape index (κ3) is 4.49. The third-order valence-electron chi connectivity index (χ3n) is 4.55. The van der Waals surface area contributed by atoms with Gasteiger partial charge in [-0.15, -0.1) is 0 Å². The monoisotopic (exact) mass is 366 g/mol. The van der Waals surface area contributed by atoms with Gasteiger partial charge in [-0.3, -0.25) is 14.4 Å². The number of nitrogens with one attached hydrogen (secondary N) is 2. The minimum Gasteiger partial charge on any atom is -0.338 e. The zero-order valence-corrected chi connectivity index (χ0v) is 15.2. The number of hydrogen-bond acceptors (Lipinski definition) is 4. The Morgan fingerprint density at radius 1 is 1.37 bits per heavy atom. The van der Waals surface area contributed by atoms with Crippen molar-refractivity contribution < 1.29 is 9.59 Å². The number of H-pyrrole nitrogens is 1. The lowest BCUT2D eigenvalue weighted by Crippen LogP contribution is -2.43. The van der Waals surface area contributed by atoms with Gasteiger partial charge in [-0.1, -0.05) is 18.7 Å². The van der Waals surface area contributed by atoms with Crippen LogP contribution in [0, 0.1) is 12.8 Å². The van der Waals surface area contributed by atoms with Gasteiger partial charge in [0.2, 0.25) is 11.8 Å². The number of likely N-dealkylation sites (tertiary alicyclic amines) is 1. The van der Waals surface area contributed by atoms with E-state index in [0.717, 1.165) is 12.8 Å². The molecule has 0 aliphatic carbocycles. The number of nitrogens with zero attached hydrogens (tertiary/aromatic N) is 2. The van der Waals surface area contributed by atoms with Gasteiger partial charge >= 0.3 is 0 Å². The fourth-order valence-electron chi connectivity index (χ4n) is 3.22. The maximum Gasteiger partial charge on any atom is 0.251 e. The molecule has 1 aliphatic heterocycles. The number of aromatic nitrogens is 2. The highest BCUT2D eigenvalue weighted by Gasteiger charge is 2.27. The molecule has 1 aliphatic rings. The van der Waals surface area contributed by atoms with Gasteiger partial charge in [-0.2, -0.15) is 0 Å². The van der Waals surface area contributed by atoms with Gasteiger partial charge in [0.25, 0.3) is 5.56 Å². The summed E-state index contributed by atoms with van der Waals surface area (Å²) in [5, 5.41) is 2.91. The second-order valence-corrected chi connectivity index (χ2v) is 6.63. The van der Waals surface area contributed by atoms with Crippen molar-refractivity contribution >= 4 is 17.5 Å². The minimum atomic E-state index is -0.261. The first-order valence-electron chi connectivity index (χ1n) is 8.87. The topological polar surface area (TPSA) is 95.2 Å². The summed E-state index contributed by atoms with van der Waals surface area (Å²) in [6, 6.07) is 8.59. The van der Waals surface area contributed by atoms with Crippen LogP contribution in [-0.2, 0) is 9.59 Å². The van der Waals surface area contributed by atoms with Crippen LogP contribution in [0.3, 0.4) is 0 Å². The first kappa shape index (κ1) is 18.6. The van der Waals surface area contributed by atoms with E-state index in [9.17, 15) is 14.4 Å². The van der Waals surface area contributed by atoms with Gasteiger partial charge < -0.3 is 15.2 Å². The van der Waals surface area contributed by atoms with Gasteiger partial charge in [0.15, 0.2) is 0 Å². The summed E-state index contributed by atoms with van der Waals surface area (Å²) < 4.78 is 0. The summed E-state index contributed by atoms with van der Waals surface area (Å²) in [7, 11) is 0. The lowest BCUT2D eigenvalue weighted by molar-refractivity contribution is -0.130. The predicted molar refractivity (Wildman–Crippen MR) is 103 cm³/mol. The van der Waals surface area contributed by atoms with Gasteiger partial charge in [-0.05, 0) is 38.0 Å². The van der Waals surface area contributed by atoms with E-state index in [0.29, 0.717) is 35.9 Å². The number of aromatic amines is 1. The van der Waals surface area contributed by atoms with Crippen LogP contribution in [0.4, 0.5) is 5.69 Å². The number of carbonyl (C=O) groups excluding carboxylic acids is 2. The molecule has 2 N–H and O–H groups in total. The fraction of sp³-hybridized carbons (Fsp3) is 0.300. The summed E-state index contributed by atoms with van der Waals surface area (Å²) in [5.74, 6) is -0.0805. The Kier molecular flexibility index (Phi) is 5.49.